The summed E-state index contributed by atoms with van der Waals surface area (Å²) >= 11 is 0. The van der Waals surface area contributed by atoms with Crippen molar-refractivity contribution in [1.82, 2.24) is 0 Å². The molecule has 0 aliphatic carbocycles. The van der Waals surface area contributed by atoms with E-state index in [1.165, 1.54) is 0 Å². The summed E-state index contributed by atoms with van der Waals surface area (Å²) in [6, 6.07) is 0. The summed E-state index contributed by atoms with van der Waals surface area (Å²) in [5.41, 5.74) is -3.99. The summed E-state index contributed by atoms with van der Waals surface area (Å²) in [5, 5.41) is 30.7. The first-order valence-electron chi connectivity index (χ1n) is 7.39. The van der Waals surface area contributed by atoms with Crippen molar-refractivity contribution in [2.75, 3.05) is 0 Å². The summed E-state index contributed by atoms with van der Waals surface area (Å²) in [7, 11) is 0. The number of aliphatic hydroxyl groups is 2. The molecule has 0 amide bonds. The lowest BCUT2D eigenvalue weighted by Gasteiger charge is -2.43. The van der Waals surface area contributed by atoms with Crippen LogP contribution in [0.5, 0.6) is 0 Å². The van der Waals surface area contributed by atoms with Crippen LogP contribution in [0.1, 0.15) is 26.7 Å². The number of ketones is 1. The number of carboxylic acids is 1. The van der Waals surface area contributed by atoms with Crippen LogP contribution in [0, 0.1) is 5.92 Å². The molecule has 6 atom stereocenters. The molecule has 2 bridgehead atoms. The van der Waals surface area contributed by atoms with Crippen LogP contribution in [0.3, 0.4) is 0 Å². The van der Waals surface area contributed by atoms with Crippen LogP contribution in [-0.4, -0.2) is 62.6 Å². The van der Waals surface area contributed by atoms with Crippen LogP contribution >= 0.6 is 0 Å². The Bertz CT molecular complexity index is 625. The predicted molar refractivity (Wildman–Crippen MR) is 73.2 cm³/mol. The Morgan fingerprint density at radius 1 is 1.35 bits per heavy atom. The first-order valence-corrected chi connectivity index (χ1v) is 7.39. The molecule has 2 saturated heterocycles. The molecule has 8 heteroatoms. The number of carboxylic acid groups (broad SMARTS) is 1. The molecule has 2 fully saturated rings. The van der Waals surface area contributed by atoms with Crippen LogP contribution in [0.25, 0.3) is 0 Å². The fourth-order valence-corrected chi connectivity index (χ4v) is 3.53. The highest BCUT2D eigenvalue weighted by atomic mass is 16.6. The van der Waals surface area contributed by atoms with Gasteiger partial charge < -0.3 is 24.8 Å². The number of rotatable bonds is 2. The Morgan fingerprint density at radius 2 is 2.00 bits per heavy atom. The van der Waals surface area contributed by atoms with Crippen LogP contribution in [-0.2, 0) is 23.9 Å². The first kappa shape index (κ1) is 16.1. The fourth-order valence-electron chi connectivity index (χ4n) is 3.53. The van der Waals surface area contributed by atoms with E-state index >= 15 is 0 Å². The van der Waals surface area contributed by atoms with Crippen molar-refractivity contribution < 1.29 is 39.2 Å². The highest BCUT2D eigenvalue weighted by Gasteiger charge is 2.69. The van der Waals surface area contributed by atoms with E-state index in [2.05, 4.69) is 0 Å². The average molecular weight is 326 g/mol. The van der Waals surface area contributed by atoms with Crippen molar-refractivity contribution >= 4 is 17.7 Å². The molecule has 3 rings (SSSR count). The zero-order valence-corrected chi connectivity index (χ0v) is 12.7. The number of carbonyl (C=O) groups excluding carboxylic acids is 2. The minimum Gasteiger partial charge on any atom is -0.481 e. The van der Waals surface area contributed by atoms with E-state index in [-0.39, 0.29) is 6.42 Å². The zero-order valence-electron chi connectivity index (χ0n) is 12.7. The molecule has 3 aliphatic rings. The molecule has 3 N–H and O–H groups in total. The van der Waals surface area contributed by atoms with E-state index in [0.717, 1.165) is 13.0 Å². The van der Waals surface area contributed by atoms with Gasteiger partial charge in [-0.15, -0.1) is 0 Å². The molecular weight excluding hydrogens is 308 g/mol. The van der Waals surface area contributed by atoms with Gasteiger partial charge in [0, 0.05) is 0 Å². The molecular formula is C15H18O8. The molecule has 6 unspecified atom stereocenters. The Morgan fingerprint density at radius 3 is 2.61 bits per heavy atom. The third kappa shape index (κ3) is 1.98. The minimum absolute atomic E-state index is 0.0502. The van der Waals surface area contributed by atoms with Crippen LogP contribution in [0.2, 0.25) is 0 Å². The molecule has 0 saturated carbocycles. The maximum Gasteiger partial charge on any atom is 0.341 e. The summed E-state index contributed by atoms with van der Waals surface area (Å²) < 4.78 is 10.8. The van der Waals surface area contributed by atoms with Gasteiger partial charge in [-0.1, -0.05) is 0 Å². The number of carbonyl (C=O) groups is 3. The van der Waals surface area contributed by atoms with E-state index in [1.54, 1.807) is 6.92 Å². The van der Waals surface area contributed by atoms with E-state index in [0.29, 0.717) is 12.0 Å². The van der Waals surface area contributed by atoms with Crippen molar-refractivity contribution in [2.24, 2.45) is 5.92 Å². The zero-order chi connectivity index (χ0) is 17.2. The number of fused-ring (bicyclic) bond motifs is 1. The number of esters is 1. The highest BCUT2D eigenvalue weighted by molar-refractivity contribution is 6.02. The number of aliphatic carboxylic acids is 1. The summed E-state index contributed by atoms with van der Waals surface area (Å²) in [5.74, 6) is -4.85. The first-order chi connectivity index (χ1) is 10.6. The maximum atomic E-state index is 12.6. The number of hydrogen-bond acceptors (Lipinski definition) is 7. The lowest BCUT2D eigenvalue weighted by Crippen LogP contribution is -2.64. The Labute approximate surface area is 131 Å². The molecule has 0 aromatic carbocycles. The Balaban J connectivity index is 2.18. The lowest BCUT2D eigenvalue weighted by molar-refractivity contribution is -0.199. The van der Waals surface area contributed by atoms with Crippen LogP contribution in [0.15, 0.2) is 11.6 Å². The standard InChI is InChI=1S/C15H18O8/c1-6-5-9(16)15(21,7(2)12(17)18)11-10-14(20,13(19)23-11)4-3-8(6)22-10/h5,7-8,10-11,20-21H,3-4H2,1-2H3,(H,17,18). The molecule has 8 nitrogen and oxygen atoms in total. The number of ether oxygens (including phenoxy) is 2. The molecule has 3 heterocycles. The van der Waals surface area contributed by atoms with Gasteiger partial charge in [-0.3, -0.25) is 9.59 Å². The summed E-state index contributed by atoms with van der Waals surface area (Å²) in [6.45, 7) is 2.77. The van der Waals surface area contributed by atoms with Gasteiger partial charge in [0.25, 0.3) is 0 Å². The van der Waals surface area contributed by atoms with Crippen LogP contribution < -0.4 is 0 Å². The largest absolute Gasteiger partial charge is 0.481 e. The normalized spacial score (nSPS) is 44.0. The molecule has 3 aliphatic heterocycles. The number of hydrogen-bond donors (Lipinski definition) is 3. The molecule has 0 spiro atoms. The van der Waals surface area contributed by atoms with E-state index in [4.69, 9.17) is 9.47 Å². The second-order valence-corrected chi connectivity index (χ2v) is 6.47. The van der Waals surface area contributed by atoms with Gasteiger partial charge in [-0.25, -0.2) is 4.79 Å². The summed E-state index contributed by atoms with van der Waals surface area (Å²) in [6.07, 6.45) is -1.87. The van der Waals surface area contributed by atoms with Crippen molar-refractivity contribution in [1.29, 1.82) is 0 Å². The third-order valence-electron chi connectivity index (χ3n) is 5.16. The molecule has 0 aromatic rings. The molecule has 23 heavy (non-hydrogen) atoms. The van der Waals surface area contributed by atoms with E-state index < -0.39 is 53.2 Å². The second kappa shape index (κ2) is 4.86. The monoisotopic (exact) mass is 326 g/mol. The van der Waals surface area contributed by atoms with Crippen molar-refractivity contribution in [3.8, 4) is 0 Å². The van der Waals surface area contributed by atoms with E-state index in [9.17, 15) is 29.7 Å². The third-order valence-corrected chi connectivity index (χ3v) is 5.16. The summed E-state index contributed by atoms with van der Waals surface area (Å²) in [4.78, 5) is 36.0. The molecule has 126 valence electrons. The fraction of sp³-hybridized carbons (Fsp3) is 0.667. The van der Waals surface area contributed by atoms with Gasteiger partial charge >= 0.3 is 11.9 Å². The molecule has 0 aromatic heterocycles. The van der Waals surface area contributed by atoms with Crippen molar-refractivity contribution in [2.45, 2.75) is 56.2 Å². The van der Waals surface area contributed by atoms with E-state index in [1.807, 2.05) is 0 Å². The Hall–Kier alpha value is -1.77. The minimum atomic E-state index is -2.51. The quantitative estimate of drug-likeness (QED) is 0.561. The van der Waals surface area contributed by atoms with Crippen LogP contribution in [0.4, 0.5) is 0 Å². The van der Waals surface area contributed by atoms with Gasteiger partial charge in [0.05, 0.1) is 12.0 Å². The van der Waals surface area contributed by atoms with Gasteiger partial charge in [0.2, 0.25) is 0 Å². The van der Waals surface area contributed by atoms with Gasteiger partial charge in [-0.2, -0.15) is 0 Å². The SMILES string of the molecule is CC1=CC(=O)C(O)(C(C)C(=O)O)C2OC(=O)C3(O)CCC1OC23. The van der Waals surface area contributed by atoms with Crippen molar-refractivity contribution in [3.63, 3.8) is 0 Å². The predicted octanol–water partition coefficient (Wildman–Crippen LogP) is -0.829. The van der Waals surface area contributed by atoms with Gasteiger partial charge in [0.15, 0.2) is 23.1 Å². The van der Waals surface area contributed by atoms with Gasteiger partial charge in [-0.05, 0) is 38.3 Å². The van der Waals surface area contributed by atoms with Crippen molar-refractivity contribution in [3.05, 3.63) is 11.6 Å². The smallest absolute Gasteiger partial charge is 0.341 e. The van der Waals surface area contributed by atoms with Gasteiger partial charge in [0.1, 0.15) is 6.10 Å². The highest BCUT2D eigenvalue weighted by Crippen LogP contribution is 2.46. The Kier molecular flexibility index (Phi) is 3.40. The maximum absolute atomic E-state index is 12.6. The lowest BCUT2D eigenvalue weighted by atomic mass is 9.72. The molecule has 0 radical (unpaired) electrons. The topological polar surface area (TPSA) is 130 Å². The average Bonchev–Trinajstić information content (AvgIpc) is 2.75. The second-order valence-electron chi connectivity index (χ2n) is 6.47.